The van der Waals surface area contributed by atoms with Gasteiger partial charge in [-0.1, -0.05) is 29.8 Å². The van der Waals surface area contributed by atoms with E-state index in [4.69, 9.17) is 11.6 Å². The first-order valence-corrected chi connectivity index (χ1v) is 9.32. The number of amides is 1. The molecule has 0 bridgehead atoms. The minimum atomic E-state index is -4.56. The van der Waals surface area contributed by atoms with Gasteiger partial charge in [0, 0.05) is 10.9 Å². The Balaban J connectivity index is 1.62. The number of fused-ring (bicyclic) bond motifs is 2. The SMILES string of the molecule is Cc1c(C(=O)NCc2nnc3c(Cl)cc(C(F)(F)F)cn23)sc2ccccc12. The van der Waals surface area contributed by atoms with Gasteiger partial charge >= 0.3 is 6.18 Å². The topological polar surface area (TPSA) is 59.3 Å². The molecular formula is C18H12ClF3N4OS. The highest BCUT2D eigenvalue weighted by Crippen LogP contribution is 2.32. The van der Waals surface area contributed by atoms with Gasteiger partial charge in [0.15, 0.2) is 11.5 Å². The Kier molecular flexibility index (Phi) is 4.51. The fourth-order valence-electron chi connectivity index (χ4n) is 2.91. The maximum Gasteiger partial charge on any atom is 0.417 e. The number of halogens is 4. The molecule has 3 heterocycles. The van der Waals surface area contributed by atoms with Crippen LogP contribution in [0.5, 0.6) is 0 Å². The molecule has 4 aromatic rings. The lowest BCUT2D eigenvalue weighted by molar-refractivity contribution is -0.137. The van der Waals surface area contributed by atoms with E-state index in [1.165, 1.54) is 11.3 Å². The Morgan fingerprint density at radius 2 is 2.04 bits per heavy atom. The zero-order valence-corrected chi connectivity index (χ0v) is 15.9. The van der Waals surface area contributed by atoms with E-state index in [1.54, 1.807) is 0 Å². The number of carbonyl (C=O) groups excluding carboxylic acids is 1. The van der Waals surface area contributed by atoms with Crippen molar-refractivity contribution >= 4 is 44.6 Å². The third-order valence-corrected chi connectivity index (χ3v) is 5.86. The first-order chi connectivity index (χ1) is 13.3. The lowest BCUT2D eigenvalue weighted by Crippen LogP contribution is -2.23. The van der Waals surface area contributed by atoms with Crippen LogP contribution in [0.2, 0.25) is 5.02 Å². The average molecular weight is 425 g/mol. The average Bonchev–Trinajstić information content (AvgIpc) is 3.21. The normalized spacial score (nSPS) is 12.0. The summed E-state index contributed by atoms with van der Waals surface area (Å²) in [6.07, 6.45) is -3.69. The molecule has 1 aromatic carbocycles. The van der Waals surface area contributed by atoms with E-state index in [-0.39, 0.29) is 28.9 Å². The van der Waals surface area contributed by atoms with Crippen molar-refractivity contribution in [1.29, 1.82) is 0 Å². The molecule has 10 heteroatoms. The van der Waals surface area contributed by atoms with Crippen molar-refractivity contribution in [2.45, 2.75) is 19.6 Å². The monoisotopic (exact) mass is 424 g/mol. The van der Waals surface area contributed by atoms with E-state index in [0.29, 0.717) is 4.88 Å². The van der Waals surface area contributed by atoms with Crippen molar-refractivity contribution in [3.05, 3.63) is 63.4 Å². The molecule has 5 nitrogen and oxygen atoms in total. The lowest BCUT2D eigenvalue weighted by Gasteiger charge is -2.09. The van der Waals surface area contributed by atoms with Gasteiger partial charge in [-0.3, -0.25) is 9.20 Å². The summed E-state index contributed by atoms with van der Waals surface area (Å²) in [6, 6.07) is 8.45. The molecule has 0 aliphatic rings. The fraction of sp³-hybridized carbons (Fsp3) is 0.167. The van der Waals surface area contributed by atoms with E-state index >= 15 is 0 Å². The van der Waals surface area contributed by atoms with Gasteiger partial charge in [-0.15, -0.1) is 21.5 Å². The number of aromatic nitrogens is 3. The smallest absolute Gasteiger partial charge is 0.344 e. The number of alkyl halides is 3. The van der Waals surface area contributed by atoms with Crippen LogP contribution in [0.1, 0.15) is 26.6 Å². The molecule has 0 fully saturated rings. The van der Waals surface area contributed by atoms with E-state index in [9.17, 15) is 18.0 Å². The Morgan fingerprint density at radius 3 is 2.75 bits per heavy atom. The number of thiophene rings is 1. The molecule has 0 unspecified atom stereocenters. The van der Waals surface area contributed by atoms with Crippen molar-refractivity contribution < 1.29 is 18.0 Å². The first-order valence-electron chi connectivity index (χ1n) is 8.12. The van der Waals surface area contributed by atoms with Gasteiger partial charge < -0.3 is 5.32 Å². The summed E-state index contributed by atoms with van der Waals surface area (Å²) >= 11 is 7.25. The van der Waals surface area contributed by atoms with Crippen LogP contribution in [-0.4, -0.2) is 20.5 Å². The second kappa shape index (κ2) is 6.75. The van der Waals surface area contributed by atoms with Gasteiger partial charge in [0.2, 0.25) is 0 Å². The largest absolute Gasteiger partial charge is 0.417 e. The molecule has 1 N–H and O–H groups in total. The summed E-state index contributed by atoms with van der Waals surface area (Å²) in [4.78, 5) is 13.1. The molecule has 1 amide bonds. The third-order valence-electron chi connectivity index (χ3n) is 4.31. The summed E-state index contributed by atoms with van der Waals surface area (Å²) in [6.45, 7) is 1.76. The van der Waals surface area contributed by atoms with Crippen molar-refractivity contribution in [1.82, 2.24) is 19.9 Å². The van der Waals surface area contributed by atoms with Crippen LogP contribution in [0.25, 0.3) is 15.7 Å². The van der Waals surface area contributed by atoms with E-state index < -0.39 is 11.7 Å². The van der Waals surface area contributed by atoms with Gasteiger partial charge in [0.1, 0.15) is 0 Å². The summed E-state index contributed by atoms with van der Waals surface area (Å²) in [5.41, 5.74) is 0.0290. The Morgan fingerprint density at radius 1 is 1.29 bits per heavy atom. The van der Waals surface area contributed by atoms with Crippen LogP contribution in [-0.2, 0) is 12.7 Å². The molecule has 0 radical (unpaired) electrons. The van der Waals surface area contributed by atoms with E-state index in [1.807, 2.05) is 31.2 Å². The molecule has 0 spiro atoms. The summed E-state index contributed by atoms with van der Waals surface area (Å²) in [5.74, 6) is -0.177. The summed E-state index contributed by atoms with van der Waals surface area (Å²) in [5, 5.41) is 11.2. The van der Waals surface area contributed by atoms with Crippen LogP contribution in [0.4, 0.5) is 13.2 Å². The standard InChI is InChI=1S/C18H12ClF3N4OS/c1-9-11-4-2-3-5-13(11)28-15(9)17(27)23-7-14-24-25-16-12(19)6-10(8-26(14)16)18(20,21)22/h2-6,8H,7H2,1H3,(H,23,27). The predicted molar refractivity (Wildman–Crippen MR) is 101 cm³/mol. The molecule has 0 saturated carbocycles. The quantitative estimate of drug-likeness (QED) is 0.511. The van der Waals surface area contributed by atoms with Gasteiger partial charge in [0.25, 0.3) is 5.91 Å². The van der Waals surface area contributed by atoms with Gasteiger partial charge in [-0.05, 0) is 30.0 Å². The highest BCUT2D eigenvalue weighted by Gasteiger charge is 2.32. The van der Waals surface area contributed by atoms with Crippen LogP contribution in [0, 0.1) is 6.92 Å². The Labute approximate surface area is 165 Å². The minimum absolute atomic E-state index is 0.0919. The lowest BCUT2D eigenvalue weighted by atomic mass is 10.1. The molecule has 144 valence electrons. The van der Waals surface area contributed by atoms with Crippen molar-refractivity contribution in [3.8, 4) is 0 Å². The number of nitrogens with one attached hydrogen (secondary N) is 1. The van der Waals surface area contributed by atoms with Crippen molar-refractivity contribution in [2.75, 3.05) is 0 Å². The zero-order valence-electron chi connectivity index (χ0n) is 14.3. The molecule has 28 heavy (non-hydrogen) atoms. The molecule has 0 aliphatic heterocycles. The van der Waals surface area contributed by atoms with Crippen molar-refractivity contribution in [3.63, 3.8) is 0 Å². The number of aryl methyl sites for hydroxylation is 1. The van der Waals surface area contributed by atoms with Crippen LogP contribution < -0.4 is 5.32 Å². The van der Waals surface area contributed by atoms with Gasteiger partial charge in [0.05, 0.1) is 22.0 Å². The molecular weight excluding hydrogens is 413 g/mol. The Bertz CT molecular complexity index is 1210. The van der Waals surface area contributed by atoms with Crippen LogP contribution in [0.15, 0.2) is 36.5 Å². The second-order valence-electron chi connectivity index (χ2n) is 6.12. The molecule has 4 rings (SSSR count). The molecule has 3 aromatic heterocycles. The number of rotatable bonds is 3. The van der Waals surface area contributed by atoms with Crippen molar-refractivity contribution in [2.24, 2.45) is 0 Å². The van der Waals surface area contributed by atoms with Gasteiger partial charge in [-0.25, -0.2) is 0 Å². The molecule has 0 aliphatic carbocycles. The Hall–Kier alpha value is -2.65. The number of carbonyl (C=O) groups is 1. The highest BCUT2D eigenvalue weighted by atomic mass is 35.5. The predicted octanol–water partition coefficient (Wildman–Crippen LogP) is 4.85. The number of hydrogen-bond acceptors (Lipinski definition) is 4. The summed E-state index contributed by atoms with van der Waals surface area (Å²) < 4.78 is 41.2. The zero-order chi connectivity index (χ0) is 20.1. The van der Waals surface area contributed by atoms with Crippen LogP contribution in [0.3, 0.4) is 0 Å². The number of benzene rings is 1. The second-order valence-corrected chi connectivity index (χ2v) is 7.58. The maximum absolute atomic E-state index is 13.0. The minimum Gasteiger partial charge on any atom is -0.344 e. The van der Waals surface area contributed by atoms with E-state index in [2.05, 4.69) is 15.5 Å². The number of hydrogen-bond donors (Lipinski definition) is 1. The maximum atomic E-state index is 13.0. The fourth-order valence-corrected chi connectivity index (χ4v) is 4.28. The van der Waals surface area contributed by atoms with Gasteiger partial charge in [-0.2, -0.15) is 13.2 Å². The summed E-state index contributed by atoms with van der Waals surface area (Å²) in [7, 11) is 0. The highest BCUT2D eigenvalue weighted by molar-refractivity contribution is 7.21. The number of nitrogens with zero attached hydrogens (tertiary/aromatic N) is 3. The van der Waals surface area contributed by atoms with E-state index in [0.717, 1.165) is 32.3 Å². The molecule has 0 atom stereocenters. The first kappa shape index (κ1) is 18.7. The molecule has 0 saturated heterocycles. The number of pyridine rings is 1. The van der Waals surface area contributed by atoms with Crippen LogP contribution >= 0.6 is 22.9 Å². The third kappa shape index (κ3) is 3.20.